The molecule has 4 nitrogen and oxygen atoms in total. The Kier molecular flexibility index (Phi) is 5.71. The predicted octanol–water partition coefficient (Wildman–Crippen LogP) is 3.11. The summed E-state index contributed by atoms with van der Waals surface area (Å²) in [6.45, 7) is 8.68. The molecule has 1 saturated heterocycles. The molecule has 6 heteroatoms. The SMILES string of the molecule is CC(N[S+]([O-])C(C)(C)C)c1cc(O[C@H]2CCOC2)ccc1F. The lowest BCUT2D eigenvalue weighted by molar-refractivity contribution is 0.141. The first-order valence-corrected chi connectivity index (χ1v) is 8.64. The maximum Gasteiger partial charge on any atom is 0.136 e. The fourth-order valence-corrected chi connectivity index (χ4v) is 2.93. The molecule has 2 rings (SSSR count). The van der Waals surface area contributed by atoms with E-state index in [1.54, 1.807) is 19.1 Å². The molecule has 2 unspecified atom stereocenters. The van der Waals surface area contributed by atoms with Crippen molar-refractivity contribution in [3.63, 3.8) is 0 Å². The van der Waals surface area contributed by atoms with Crippen LogP contribution in [0.1, 0.15) is 45.7 Å². The minimum Gasteiger partial charge on any atom is -0.598 e. The molecule has 0 aromatic heterocycles. The van der Waals surface area contributed by atoms with Gasteiger partial charge in [-0.3, -0.25) is 0 Å². The summed E-state index contributed by atoms with van der Waals surface area (Å²) >= 11 is -1.26. The molecule has 3 atom stereocenters. The molecule has 1 fully saturated rings. The largest absolute Gasteiger partial charge is 0.598 e. The van der Waals surface area contributed by atoms with Crippen LogP contribution in [0, 0.1) is 5.82 Å². The first-order valence-electron chi connectivity index (χ1n) is 7.49. The van der Waals surface area contributed by atoms with E-state index in [1.165, 1.54) is 6.07 Å². The van der Waals surface area contributed by atoms with Crippen molar-refractivity contribution in [3.05, 3.63) is 29.6 Å². The van der Waals surface area contributed by atoms with Crippen LogP contribution >= 0.6 is 0 Å². The van der Waals surface area contributed by atoms with E-state index in [2.05, 4.69) is 4.72 Å². The molecule has 1 heterocycles. The molecule has 124 valence electrons. The van der Waals surface area contributed by atoms with Crippen LogP contribution in [0.4, 0.5) is 4.39 Å². The number of nitrogens with one attached hydrogen (secondary N) is 1. The van der Waals surface area contributed by atoms with Gasteiger partial charge in [0.05, 0.1) is 19.3 Å². The van der Waals surface area contributed by atoms with E-state index in [9.17, 15) is 8.94 Å². The lowest BCUT2D eigenvalue weighted by Crippen LogP contribution is -2.40. The summed E-state index contributed by atoms with van der Waals surface area (Å²) < 4.78 is 39.8. The molecule has 0 amide bonds. The van der Waals surface area contributed by atoms with Crippen LogP contribution in [-0.4, -0.2) is 28.6 Å². The van der Waals surface area contributed by atoms with Crippen molar-refractivity contribution in [2.24, 2.45) is 0 Å². The minimum absolute atomic E-state index is 0.0188. The van der Waals surface area contributed by atoms with Crippen LogP contribution < -0.4 is 9.46 Å². The highest BCUT2D eigenvalue weighted by atomic mass is 32.2. The van der Waals surface area contributed by atoms with Crippen molar-refractivity contribution in [1.29, 1.82) is 0 Å². The van der Waals surface area contributed by atoms with Crippen LogP contribution in [-0.2, 0) is 16.1 Å². The zero-order valence-electron chi connectivity index (χ0n) is 13.5. The Labute approximate surface area is 134 Å². The topological polar surface area (TPSA) is 53.5 Å². The first kappa shape index (κ1) is 17.5. The molecule has 1 aromatic rings. The molecule has 0 aliphatic carbocycles. The molecule has 0 spiro atoms. The normalized spacial score (nSPS) is 21.6. The van der Waals surface area contributed by atoms with E-state index in [4.69, 9.17) is 9.47 Å². The molecule has 1 aromatic carbocycles. The standard InChI is InChI=1S/C16H24FNO3S/c1-11(18-22(19)16(2,3)4)14-9-12(5-6-15(14)17)21-13-7-8-20-10-13/h5-6,9,11,13,18H,7-8,10H2,1-4H3/t11?,13-,22?/m0/s1. The lowest BCUT2D eigenvalue weighted by atomic mass is 10.1. The summed E-state index contributed by atoms with van der Waals surface area (Å²) in [4.78, 5) is 0. The van der Waals surface area contributed by atoms with E-state index < -0.39 is 16.1 Å². The zero-order chi connectivity index (χ0) is 16.3. The van der Waals surface area contributed by atoms with E-state index in [0.29, 0.717) is 24.5 Å². The van der Waals surface area contributed by atoms with Gasteiger partial charge in [-0.25, -0.2) is 4.39 Å². The highest BCUT2D eigenvalue weighted by Crippen LogP contribution is 2.26. The summed E-state index contributed by atoms with van der Waals surface area (Å²) in [5, 5.41) is 0. The van der Waals surface area contributed by atoms with Crippen LogP contribution in [0.3, 0.4) is 0 Å². The van der Waals surface area contributed by atoms with Crippen molar-refractivity contribution in [3.8, 4) is 5.75 Å². The summed E-state index contributed by atoms with van der Waals surface area (Å²) in [5.41, 5.74) is 0.453. The van der Waals surface area contributed by atoms with E-state index in [-0.39, 0.29) is 18.0 Å². The van der Waals surface area contributed by atoms with E-state index >= 15 is 0 Å². The number of halogens is 1. The molecule has 22 heavy (non-hydrogen) atoms. The highest BCUT2D eigenvalue weighted by Gasteiger charge is 2.29. The summed E-state index contributed by atoms with van der Waals surface area (Å²) in [5.74, 6) is 0.281. The van der Waals surface area contributed by atoms with Crippen LogP contribution in [0.5, 0.6) is 5.75 Å². The smallest absolute Gasteiger partial charge is 0.136 e. The van der Waals surface area contributed by atoms with Gasteiger partial charge in [-0.15, -0.1) is 4.72 Å². The Morgan fingerprint density at radius 1 is 1.45 bits per heavy atom. The molecule has 1 N–H and O–H groups in total. The van der Waals surface area contributed by atoms with Gasteiger partial charge < -0.3 is 14.0 Å². The van der Waals surface area contributed by atoms with Crippen molar-refractivity contribution < 1.29 is 18.4 Å². The van der Waals surface area contributed by atoms with Gasteiger partial charge in [0.15, 0.2) is 0 Å². The Bertz CT molecular complexity index is 501. The third kappa shape index (κ3) is 4.59. The fourth-order valence-electron chi connectivity index (χ4n) is 2.13. The van der Waals surface area contributed by atoms with Gasteiger partial charge in [0.2, 0.25) is 0 Å². The number of hydrogen-bond acceptors (Lipinski definition) is 4. The second kappa shape index (κ2) is 7.17. The van der Waals surface area contributed by atoms with Crippen LogP contribution in [0.15, 0.2) is 18.2 Å². The maximum atomic E-state index is 14.1. The van der Waals surface area contributed by atoms with Crippen molar-refractivity contribution in [2.75, 3.05) is 13.2 Å². The first-order chi connectivity index (χ1) is 10.3. The molecule has 0 radical (unpaired) electrons. The van der Waals surface area contributed by atoms with Crippen LogP contribution in [0.2, 0.25) is 0 Å². The Balaban J connectivity index is 2.08. The number of benzene rings is 1. The number of hydrogen-bond donors (Lipinski definition) is 1. The molecule has 1 aliphatic rings. The second-order valence-electron chi connectivity index (χ2n) is 6.51. The van der Waals surface area contributed by atoms with Gasteiger partial charge in [-0.2, -0.15) is 0 Å². The molecular weight excluding hydrogens is 305 g/mol. The maximum absolute atomic E-state index is 14.1. The fraction of sp³-hybridized carbons (Fsp3) is 0.625. The lowest BCUT2D eigenvalue weighted by Gasteiger charge is -2.27. The number of rotatable bonds is 5. The average Bonchev–Trinajstić information content (AvgIpc) is 2.92. The predicted molar refractivity (Wildman–Crippen MR) is 85.7 cm³/mol. The monoisotopic (exact) mass is 329 g/mol. The van der Waals surface area contributed by atoms with Crippen molar-refractivity contribution >= 4 is 11.4 Å². The Hall–Kier alpha value is -0.820. The third-order valence-corrected chi connectivity index (χ3v) is 5.14. The van der Waals surface area contributed by atoms with Gasteiger partial charge in [0.1, 0.15) is 22.4 Å². The minimum atomic E-state index is -1.26. The average molecular weight is 329 g/mol. The molecular formula is C16H24FNO3S. The quantitative estimate of drug-likeness (QED) is 0.844. The Morgan fingerprint density at radius 2 is 2.18 bits per heavy atom. The van der Waals surface area contributed by atoms with Crippen molar-refractivity contribution in [1.82, 2.24) is 4.72 Å². The van der Waals surface area contributed by atoms with Gasteiger partial charge in [-0.1, -0.05) is 0 Å². The van der Waals surface area contributed by atoms with Crippen molar-refractivity contribution in [2.45, 2.75) is 51.0 Å². The van der Waals surface area contributed by atoms with Crippen LogP contribution in [0.25, 0.3) is 0 Å². The highest BCUT2D eigenvalue weighted by molar-refractivity contribution is 7.90. The second-order valence-corrected chi connectivity index (χ2v) is 8.51. The summed E-state index contributed by atoms with van der Waals surface area (Å²) in [6.07, 6.45) is 0.861. The Morgan fingerprint density at radius 3 is 2.77 bits per heavy atom. The molecule has 0 bridgehead atoms. The number of ether oxygens (including phenoxy) is 2. The summed E-state index contributed by atoms with van der Waals surface area (Å²) in [6, 6.07) is 4.30. The third-order valence-electron chi connectivity index (χ3n) is 3.46. The molecule has 1 aliphatic heterocycles. The van der Waals surface area contributed by atoms with Gasteiger partial charge in [0, 0.05) is 23.3 Å². The van der Waals surface area contributed by atoms with E-state index in [1.807, 2.05) is 20.8 Å². The zero-order valence-corrected chi connectivity index (χ0v) is 14.3. The van der Waals surface area contributed by atoms with Gasteiger partial charge in [-0.05, 0) is 45.9 Å². The summed E-state index contributed by atoms with van der Waals surface area (Å²) in [7, 11) is 0. The van der Waals surface area contributed by atoms with Gasteiger partial charge in [0.25, 0.3) is 0 Å². The van der Waals surface area contributed by atoms with E-state index in [0.717, 1.165) is 6.42 Å². The molecule has 0 saturated carbocycles. The van der Waals surface area contributed by atoms with Gasteiger partial charge >= 0.3 is 0 Å².